The van der Waals surface area contributed by atoms with E-state index < -0.39 is 6.04 Å². The average molecular weight is 334 g/mol. The molecule has 1 aromatic rings. The fourth-order valence-electron chi connectivity index (χ4n) is 1.58. The maximum Gasteiger partial charge on any atom is 0.241 e. The van der Waals surface area contributed by atoms with Crippen LogP contribution in [0.3, 0.4) is 0 Å². The highest BCUT2D eigenvalue weighted by Gasteiger charge is 2.16. The maximum absolute atomic E-state index is 11.9. The van der Waals surface area contributed by atoms with Crippen LogP contribution in [0.15, 0.2) is 16.6 Å². The van der Waals surface area contributed by atoms with Gasteiger partial charge < -0.3 is 11.1 Å². The van der Waals surface area contributed by atoms with Crippen molar-refractivity contribution in [3.8, 4) is 0 Å². The lowest BCUT2D eigenvalue weighted by molar-refractivity contribution is -0.117. The van der Waals surface area contributed by atoms with Gasteiger partial charge in [-0.2, -0.15) is 0 Å². The van der Waals surface area contributed by atoms with Gasteiger partial charge in [0.05, 0.1) is 11.7 Å². The topological polar surface area (TPSA) is 55.1 Å². The Hall–Kier alpha value is -0.580. The number of benzene rings is 1. The van der Waals surface area contributed by atoms with Gasteiger partial charge in [-0.15, -0.1) is 0 Å². The molecule has 0 bridgehead atoms. The molecule has 18 heavy (non-hydrogen) atoms. The van der Waals surface area contributed by atoms with Gasteiger partial charge in [0.15, 0.2) is 0 Å². The van der Waals surface area contributed by atoms with Crippen molar-refractivity contribution in [1.82, 2.24) is 0 Å². The number of carbonyl (C=O) groups is 1. The predicted octanol–water partition coefficient (Wildman–Crippen LogP) is 3.72. The van der Waals surface area contributed by atoms with E-state index in [1.54, 1.807) is 6.07 Å². The SMILES string of the molecule is Cc1cc(Br)c(NC(=O)[C@H](N)CC(C)C)cc1Cl. The third kappa shape index (κ3) is 4.26. The van der Waals surface area contributed by atoms with Crippen LogP contribution in [0, 0.1) is 12.8 Å². The molecule has 0 heterocycles. The summed E-state index contributed by atoms with van der Waals surface area (Å²) in [6.07, 6.45) is 0.656. The Labute approximate surface area is 121 Å². The molecule has 3 nitrogen and oxygen atoms in total. The van der Waals surface area contributed by atoms with Crippen LogP contribution < -0.4 is 11.1 Å². The summed E-state index contributed by atoms with van der Waals surface area (Å²) in [7, 11) is 0. The number of anilines is 1. The monoisotopic (exact) mass is 332 g/mol. The zero-order valence-electron chi connectivity index (χ0n) is 10.8. The second-order valence-electron chi connectivity index (χ2n) is 4.81. The predicted molar refractivity (Wildman–Crippen MR) is 79.9 cm³/mol. The molecule has 0 aromatic heterocycles. The summed E-state index contributed by atoms with van der Waals surface area (Å²) in [5.41, 5.74) is 7.42. The van der Waals surface area contributed by atoms with E-state index in [2.05, 4.69) is 21.2 Å². The summed E-state index contributed by atoms with van der Waals surface area (Å²) < 4.78 is 0.800. The molecule has 0 aliphatic heterocycles. The Morgan fingerprint density at radius 3 is 2.67 bits per heavy atom. The molecule has 100 valence electrons. The molecular formula is C13H18BrClN2O. The number of hydrogen-bond donors (Lipinski definition) is 2. The summed E-state index contributed by atoms with van der Waals surface area (Å²) in [5.74, 6) is 0.195. The second kappa shape index (κ2) is 6.55. The van der Waals surface area contributed by atoms with Crippen LogP contribution in [0.1, 0.15) is 25.8 Å². The van der Waals surface area contributed by atoms with Crippen molar-refractivity contribution >= 4 is 39.1 Å². The molecule has 0 unspecified atom stereocenters. The first kappa shape index (κ1) is 15.5. The van der Waals surface area contributed by atoms with Gasteiger partial charge >= 0.3 is 0 Å². The Bertz CT molecular complexity index is 449. The number of nitrogens with one attached hydrogen (secondary N) is 1. The van der Waals surface area contributed by atoms with E-state index in [0.29, 0.717) is 23.0 Å². The van der Waals surface area contributed by atoms with Gasteiger partial charge in [0, 0.05) is 9.50 Å². The smallest absolute Gasteiger partial charge is 0.241 e. The summed E-state index contributed by atoms with van der Waals surface area (Å²) in [6, 6.07) is 3.09. The molecule has 1 atom stereocenters. The summed E-state index contributed by atoms with van der Waals surface area (Å²) in [4.78, 5) is 11.9. The van der Waals surface area contributed by atoms with Gasteiger partial charge in [-0.05, 0) is 52.9 Å². The molecule has 0 radical (unpaired) electrons. The van der Waals surface area contributed by atoms with Crippen molar-refractivity contribution in [2.24, 2.45) is 11.7 Å². The van der Waals surface area contributed by atoms with Crippen molar-refractivity contribution in [3.63, 3.8) is 0 Å². The van der Waals surface area contributed by atoms with E-state index in [-0.39, 0.29) is 5.91 Å². The first-order valence-electron chi connectivity index (χ1n) is 5.83. The first-order valence-corrected chi connectivity index (χ1v) is 7.00. The molecule has 0 spiro atoms. The van der Waals surface area contributed by atoms with Crippen LogP contribution in [-0.4, -0.2) is 11.9 Å². The van der Waals surface area contributed by atoms with E-state index in [0.717, 1.165) is 10.0 Å². The van der Waals surface area contributed by atoms with Gasteiger partial charge in [0.2, 0.25) is 5.91 Å². The second-order valence-corrected chi connectivity index (χ2v) is 6.07. The highest BCUT2D eigenvalue weighted by atomic mass is 79.9. The van der Waals surface area contributed by atoms with E-state index >= 15 is 0 Å². The minimum atomic E-state index is -0.503. The zero-order valence-corrected chi connectivity index (χ0v) is 13.1. The highest BCUT2D eigenvalue weighted by molar-refractivity contribution is 9.10. The molecule has 0 aliphatic carbocycles. The number of aryl methyl sites for hydroxylation is 1. The van der Waals surface area contributed by atoms with Gasteiger partial charge in [0.25, 0.3) is 0 Å². The van der Waals surface area contributed by atoms with E-state index in [9.17, 15) is 4.79 Å². The molecular weight excluding hydrogens is 316 g/mol. The number of hydrogen-bond acceptors (Lipinski definition) is 2. The first-order chi connectivity index (χ1) is 8.31. The fraction of sp³-hybridized carbons (Fsp3) is 0.462. The summed E-state index contributed by atoms with van der Waals surface area (Å²) in [5, 5.41) is 3.40. The number of amides is 1. The van der Waals surface area contributed by atoms with E-state index in [4.69, 9.17) is 17.3 Å². The lowest BCUT2D eigenvalue weighted by atomic mass is 10.0. The minimum absolute atomic E-state index is 0.190. The molecule has 1 amide bonds. The van der Waals surface area contributed by atoms with Crippen LogP contribution >= 0.6 is 27.5 Å². The number of carbonyl (C=O) groups excluding carboxylic acids is 1. The minimum Gasteiger partial charge on any atom is -0.324 e. The van der Waals surface area contributed by atoms with Gasteiger partial charge in [-0.3, -0.25) is 4.79 Å². The van der Waals surface area contributed by atoms with Crippen LogP contribution in [0.2, 0.25) is 5.02 Å². The van der Waals surface area contributed by atoms with Crippen molar-refractivity contribution < 1.29 is 4.79 Å². The van der Waals surface area contributed by atoms with Gasteiger partial charge in [-0.25, -0.2) is 0 Å². The number of nitrogens with two attached hydrogens (primary N) is 1. The van der Waals surface area contributed by atoms with Crippen molar-refractivity contribution in [2.75, 3.05) is 5.32 Å². The number of halogens is 2. The third-order valence-electron chi connectivity index (χ3n) is 2.57. The van der Waals surface area contributed by atoms with Crippen LogP contribution in [-0.2, 0) is 4.79 Å². The van der Waals surface area contributed by atoms with Gasteiger partial charge in [-0.1, -0.05) is 25.4 Å². The molecule has 1 rings (SSSR count). The van der Waals surface area contributed by atoms with Crippen LogP contribution in [0.25, 0.3) is 0 Å². The zero-order chi connectivity index (χ0) is 13.9. The lowest BCUT2D eigenvalue weighted by Gasteiger charge is -2.15. The Kier molecular flexibility index (Phi) is 5.63. The third-order valence-corrected chi connectivity index (χ3v) is 3.63. The fourth-order valence-corrected chi connectivity index (χ4v) is 2.30. The Balaban J connectivity index is 2.79. The molecule has 0 saturated heterocycles. The molecule has 0 saturated carbocycles. The van der Waals surface area contributed by atoms with Crippen molar-refractivity contribution in [3.05, 3.63) is 27.2 Å². The van der Waals surface area contributed by atoms with Crippen LogP contribution in [0.4, 0.5) is 5.69 Å². The molecule has 3 N–H and O–H groups in total. The van der Waals surface area contributed by atoms with Crippen molar-refractivity contribution in [2.45, 2.75) is 33.2 Å². The highest BCUT2D eigenvalue weighted by Crippen LogP contribution is 2.29. The molecule has 0 aliphatic rings. The summed E-state index contributed by atoms with van der Waals surface area (Å²) in [6.45, 7) is 5.97. The molecule has 1 aromatic carbocycles. The number of rotatable bonds is 4. The quantitative estimate of drug-likeness (QED) is 0.882. The van der Waals surface area contributed by atoms with E-state index in [1.807, 2.05) is 26.8 Å². The molecule has 0 fully saturated rings. The van der Waals surface area contributed by atoms with Crippen LogP contribution in [0.5, 0.6) is 0 Å². The standard InChI is InChI=1S/C13H18BrClN2O/c1-7(2)4-11(16)13(18)17-12-6-10(15)8(3)5-9(12)14/h5-7,11H,4,16H2,1-3H3,(H,17,18)/t11-/m1/s1. The Morgan fingerprint density at radius 2 is 2.11 bits per heavy atom. The van der Waals surface area contributed by atoms with E-state index in [1.165, 1.54) is 0 Å². The Morgan fingerprint density at radius 1 is 1.50 bits per heavy atom. The lowest BCUT2D eigenvalue weighted by Crippen LogP contribution is -2.36. The average Bonchev–Trinajstić information content (AvgIpc) is 2.24. The van der Waals surface area contributed by atoms with Gasteiger partial charge in [0.1, 0.15) is 0 Å². The maximum atomic E-state index is 11.9. The summed E-state index contributed by atoms with van der Waals surface area (Å²) >= 11 is 9.43. The molecule has 5 heteroatoms. The van der Waals surface area contributed by atoms with Crippen molar-refractivity contribution in [1.29, 1.82) is 0 Å². The normalized spacial score (nSPS) is 12.6. The largest absolute Gasteiger partial charge is 0.324 e.